The number of hydrogen-bond donors (Lipinski definition) is 1. The molecule has 1 N–H and O–H groups in total. The number of benzene rings is 2. The lowest BCUT2D eigenvalue weighted by Crippen LogP contribution is -2.47. The zero-order valence-electron chi connectivity index (χ0n) is 21.9. The van der Waals surface area contributed by atoms with Crippen LogP contribution in [0.2, 0.25) is 0 Å². The molecule has 36 heavy (non-hydrogen) atoms. The third kappa shape index (κ3) is 5.82. The number of carbonyl (C=O) groups excluding carboxylic acids is 2. The van der Waals surface area contributed by atoms with E-state index in [0.717, 1.165) is 42.9 Å². The van der Waals surface area contributed by atoms with Crippen LogP contribution in [0.25, 0.3) is 10.9 Å². The Morgan fingerprint density at radius 3 is 2.33 bits per heavy atom. The first kappa shape index (κ1) is 25.6. The molecular formula is C28H36N6O2. The van der Waals surface area contributed by atoms with Gasteiger partial charge in [0, 0.05) is 57.6 Å². The topological polar surface area (TPSA) is 81.7 Å². The minimum absolute atomic E-state index is 0.142. The van der Waals surface area contributed by atoms with Crippen molar-refractivity contribution in [2.24, 2.45) is 0 Å². The average molecular weight is 489 g/mol. The van der Waals surface area contributed by atoms with Crippen LogP contribution in [0.5, 0.6) is 0 Å². The van der Waals surface area contributed by atoms with E-state index in [4.69, 9.17) is 0 Å². The summed E-state index contributed by atoms with van der Waals surface area (Å²) in [7, 11) is 5.53. The van der Waals surface area contributed by atoms with Crippen molar-refractivity contribution in [1.82, 2.24) is 25.1 Å². The highest BCUT2D eigenvalue weighted by atomic mass is 16.2. The molecule has 3 aromatic rings. The molecule has 1 aromatic heterocycles. The minimum atomic E-state index is -0.667. The Labute approximate surface area is 213 Å². The van der Waals surface area contributed by atoms with Crippen LogP contribution >= 0.6 is 0 Å². The van der Waals surface area contributed by atoms with Crippen LogP contribution in [0.4, 0.5) is 5.82 Å². The molecule has 0 saturated carbocycles. The molecule has 1 saturated heterocycles. The molecular weight excluding hydrogens is 452 g/mol. The number of fused-ring (bicyclic) bond motifs is 1. The maximum absolute atomic E-state index is 13.2. The summed E-state index contributed by atoms with van der Waals surface area (Å²) < 4.78 is 0. The third-order valence-corrected chi connectivity index (χ3v) is 6.81. The van der Waals surface area contributed by atoms with Crippen molar-refractivity contribution in [2.75, 3.05) is 52.2 Å². The van der Waals surface area contributed by atoms with Crippen LogP contribution in [-0.4, -0.2) is 84.9 Å². The number of nitrogens with one attached hydrogen (secondary N) is 1. The molecule has 0 aliphatic carbocycles. The molecule has 1 atom stereocenters. The zero-order chi connectivity index (χ0) is 25.8. The maximum atomic E-state index is 13.2. The lowest BCUT2D eigenvalue weighted by atomic mass is 9.98. The molecule has 4 rings (SSSR count). The fraction of sp³-hybridized carbons (Fsp3) is 0.429. The Morgan fingerprint density at radius 1 is 1.00 bits per heavy atom. The predicted octanol–water partition coefficient (Wildman–Crippen LogP) is 2.93. The molecule has 8 heteroatoms. The van der Waals surface area contributed by atoms with Gasteiger partial charge in [-0.2, -0.15) is 0 Å². The van der Waals surface area contributed by atoms with Crippen molar-refractivity contribution in [1.29, 1.82) is 0 Å². The zero-order valence-corrected chi connectivity index (χ0v) is 21.9. The summed E-state index contributed by atoms with van der Waals surface area (Å²) in [5.41, 5.74) is 3.43. The number of rotatable bonds is 7. The summed E-state index contributed by atoms with van der Waals surface area (Å²) >= 11 is 0. The maximum Gasteiger partial charge on any atom is 0.252 e. The Balaban J connectivity index is 1.54. The van der Waals surface area contributed by atoms with Gasteiger partial charge in [0.05, 0.1) is 5.52 Å². The molecule has 1 fully saturated rings. The molecule has 2 aromatic carbocycles. The second kappa shape index (κ2) is 11.0. The number of anilines is 1. The molecule has 0 radical (unpaired) electrons. The van der Waals surface area contributed by atoms with E-state index in [-0.39, 0.29) is 11.8 Å². The number of likely N-dealkylation sites (N-methyl/N-ethyl adjacent to an activating group) is 2. The smallest absolute Gasteiger partial charge is 0.252 e. The monoisotopic (exact) mass is 488 g/mol. The van der Waals surface area contributed by atoms with Crippen LogP contribution < -0.4 is 10.2 Å². The molecule has 2 heterocycles. The van der Waals surface area contributed by atoms with Gasteiger partial charge in [0.1, 0.15) is 18.2 Å². The van der Waals surface area contributed by atoms with Crippen molar-refractivity contribution in [3.8, 4) is 0 Å². The van der Waals surface area contributed by atoms with E-state index in [1.165, 1.54) is 10.5 Å². The van der Waals surface area contributed by atoms with Crippen molar-refractivity contribution < 1.29 is 9.59 Å². The van der Waals surface area contributed by atoms with Crippen molar-refractivity contribution >= 4 is 28.5 Å². The van der Waals surface area contributed by atoms with Gasteiger partial charge in [-0.15, -0.1) is 0 Å². The molecule has 2 amide bonds. The normalized spacial score (nSPS) is 15.2. The van der Waals surface area contributed by atoms with Crippen molar-refractivity contribution in [2.45, 2.75) is 32.2 Å². The predicted molar refractivity (Wildman–Crippen MR) is 143 cm³/mol. The van der Waals surface area contributed by atoms with Gasteiger partial charge in [-0.3, -0.25) is 9.59 Å². The van der Waals surface area contributed by atoms with E-state index in [1.54, 1.807) is 32.6 Å². The Kier molecular flexibility index (Phi) is 7.84. The fourth-order valence-electron chi connectivity index (χ4n) is 4.48. The van der Waals surface area contributed by atoms with Crippen LogP contribution in [0.3, 0.4) is 0 Å². The molecule has 0 spiro atoms. The van der Waals surface area contributed by atoms with E-state index in [9.17, 15) is 9.59 Å². The summed E-state index contributed by atoms with van der Waals surface area (Å²) in [6.07, 6.45) is 1.97. The third-order valence-electron chi connectivity index (χ3n) is 6.81. The standard InChI is InChI=1S/C28H36N6O2/c1-19(2)21-8-6-20(7-9-21)16-25(28(36)32(3)4)31-27(35)22-10-11-23-24(17-22)29-18-30-26(23)34-14-12-33(5)13-15-34/h6-11,17-19,25H,12-16H2,1-5H3,(H,31,35). The lowest BCUT2D eigenvalue weighted by Gasteiger charge is -2.33. The van der Waals surface area contributed by atoms with Gasteiger partial charge in [0.15, 0.2) is 0 Å². The largest absolute Gasteiger partial charge is 0.353 e. The second-order valence-corrected chi connectivity index (χ2v) is 10.1. The van der Waals surface area contributed by atoms with Crippen LogP contribution in [0.1, 0.15) is 41.3 Å². The first-order valence-electron chi connectivity index (χ1n) is 12.5. The SMILES string of the molecule is CC(C)c1ccc(CC(NC(=O)c2ccc3c(N4CCN(C)CC4)ncnc3c2)C(=O)N(C)C)cc1. The first-order valence-corrected chi connectivity index (χ1v) is 12.5. The van der Waals surface area contributed by atoms with E-state index in [0.29, 0.717) is 23.4 Å². The molecule has 0 bridgehead atoms. The molecule has 1 aliphatic heterocycles. The summed E-state index contributed by atoms with van der Waals surface area (Å²) in [6, 6.07) is 13.0. The highest BCUT2D eigenvalue weighted by molar-refractivity contribution is 6.01. The average Bonchev–Trinajstić information content (AvgIpc) is 2.87. The number of amides is 2. The van der Waals surface area contributed by atoms with Gasteiger partial charge in [0.25, 0.3) is 5.91 Å². The summed E-state index contributed by atoms with van der Waals surface area (Å²) in [4.78, 5) is 41.2. The van der Waals surface area contributed by atoms with Crippen molar-refractivity contribution in [3.05, 3.63) is 65.5 Å². The molecule has 8 nitrogen and oxygen atoms in total. The summed E-state index contributed by atoms with van der Waals surface area (Å²) in [5.74, 6) is 0.893. The van der Waals surface area contributed by atoms with E-state index in [2.05, 4.69) is 58.1 Å². The highest BCUT2D eigenvalue weighted by Gasteiger charge is 2.24. The number of aromatic nitrogens is 2. The van der Waals surface area contributed by atoms with Gasteiger partial charge in [-0.1, -0.05) is 38.1 Å². The van der Waals surface area contributed by atoms with Gasteiger partial charge < -0.3 is 20.0 Å². The van der Waals surface area contributed by atoms with Gasteiger partial charge >= 0.3 is 0 Å². The summed E-state index contributed by atoms with van der Waals surface area (Å²) in [6.45, 7) is 8.06. The van der Waals surface area contributed by atoms with E-state index < -0.39 is 6.04 Å². The van der Waals surface area contributed by atoms with Crippen LogP contribution in [0.15, 0.2) is 48.8 Å². The number of hydrogen-bond acceptors (Lipinski definition) is 6. The first-order chi connectivity index (χ1) is 17.2. The Morgan fingerprint density at radius 2 is 1.69 bits per heavy atom. The quantitative estimate of drug-likeness (QED) is 0.551. The number of carbonyl (C=O) groups is 2. The van der Waals surface area contributed by atoms with Crippen LogP contribution in [-0.2, 0) is 11.2 Å². The Hall–Kier alpha value is -3.52. The van der Waals surface area contributed by atoms with Gasteiger partial charge in [-0.05, 0) is 42.3 Å². The molecule has 1 aliphatic rings. The fourth-order valence-corrected chi connectivity index (χ4v) is 4.48. The van der Waals surface area contributed by atoms with Crippen LogP contribution in [0, 0.1) is 0 Å². The van der Waals surface area contributed by atoms with Gasteiger partial charge in [-0.25, -0.2) is 9.97 Å². The Bertz CT molecular complexity index is 1220. The van der Waals surface area contributed by atoms with E-state index >= 15 is 0 Å². The van der Waals surface area contributed by atoms with Gasteiger partial charge in [0.2, 0.25) is 5.91 Å². The minimum Gasteiger partial charge on any atom is -0.353 e. The highest BCUT2D eigenvalue weighted by Crippen LogP contribution is 2.25. The molecule has 1 unspecified atom stereocenters. The lowest BCUT2D eigenvalue weighted by molar-refractivity contribution is -0.130. The molecule has 190 valence electrons. The number of nitrogens with zero attached hydrogens (tertiary/aromatic N) is 5. The second-order valence-electron chi connectivity index (χ2n) is 10.1. The summed E-state index contributed by atoms with van der Waals surface area (Å²) in [5, 5.41) is 3.88. The van der Waals surface area contributed by atoms with Crippen molar-refractivity contribution in [3.63, 3.8) is 0 Å². The van der Waals surface area contributed by atoms with E-state index in [1.807, 2.05) is 18.2 Å². The number of piperazine rings is 1.